The molecule has 35 heavy (non-hydrogen) atoms. The van der Waals surface area contributed by atoms with Gasteiger partial charge in [0.1, 0.15) is 17.2 Å². The average molecular weight is 529 g/mol. The summed E-state index contributed by atoms with van der Waals surface area (Å²) in [4.78, 5) is 26.8. The molecule has 9 nitrogen and oxygen atoms in total. The molecule has 3 N–H and O–H groups in total. The number of ether oxygens (including phenoxy) is 1. The summed E-state index contributed by atoms with van der Waals surface area (Å²) in [7, 11) is -4.15. The first-order valence-corrected chi connectivity index (χ1v) is 11.4. The monoisotopic (exact) mass is 528 g/mol. The molecule has 0 bridgehead atoms. The number of benzene rings is 2. The van der Waals surface area contributed by atoms with Crippen molar-refractivity contribution in [2.75, 3.05) is 17.7 Å². The first kappa shape index (κ1) is 25.8. The maximum atomic E-state index is 12.8. The molecule has 0 fully saturated rings. The van der Waals surface area contributed by atoms with Crippen molar-refractivity contribution in [1.82, 2.24) is 10.3 Å². The van der Waals surface area contributed by atoms with Gasteiger partial charge in [0.2, 0.25) is 0 Å². The number of aromatic nitrogens is 1. The molecule has 3 amide bonds. The van der Waals surface area contributed by atoms with Crippen molar-refractivity contribution >= 4 is 44.8 Å². The van der Waals surface area contributed by atoms with Gasteiger partial charge in [0.05, 0.1) is 15.6 Å². The van der Waals surface area contributed by atoms with Crippen LogP contribution in [0.3, 0.4) is 0 Å². The lowest BCUT2D eigenvalue weighted by atomic mass is 10.3. The van der Waals surface area contributed by atoms with Crippen LogP contribution in [0.5, 0.6) is 11.5 Å². The number of urea groups is 1. The van der Waals surface area contributed by atoms with Gasteiger partial charge in [0.15, 0.2) is 0 Å². The van der Waals surface area contributed by atoms with Crippen molar-refractivity contribution in [3.8, 4) is 11.5 Å². The van der Waals surface area contributed by atoms with Crippen molar-refractivity contribution in [2.24, 2.45) is 0 Å². The van der Waals surface area contributed by atoms with Crippen LogP contribution < -0.4 is 20.7 Å². The van der Waals surface area contributed by atoms with E-state index >= 15 is 0 Å². The maximum absolute atomic E-state index is 12.8. The number of alkyl halides is 3. The smallest absolute Gasteiger partial charge is 0.457 e. The van der Waals surface area contributed by atoms with E-state index in [0.717, 1.165) is 6.07 Å². The third kappa shape index (κ3) is 6.19. The molecule has 0 aliphatic rings. The Kier molecular flexibility index (Phi) is 7.51. The molecule has 0 unspecified atom stereocenters. The molecule has 0 saturated heterocycles. The predicted molar refractivity (Wildman–Crippen MR) is 121 cm³/mol. The van der Waals surface area contributed by atoms with Gasteiger partial charge in [0.25, 0.3) is 15.7 Å². The van der Waals surface area contributed by atoms with Gasteiger partial charge in [-0.25, -0.2) is 13.2 Å². The Morgan fingerprint density at radius 1 is 0.971 bits per heavy atom. The molecule has 0 saturated carbocycles. The SMILES string of the molecule is CNC(=O)c1cc(Oc2ccc(NC(=O)Nc3cc(S(=O)(=O)C(F)(F)F)ccc3Cl)cc2)ccn1. The first-order chi connectivity index (χ1) is 16.4. The van der Waals surface area contributed by atoms with Gasteiger partial charge in [-0.2, -0.15) is 13.2 Å². The van der Waals surface area contributed by atoms with Crippen LogP contribution in [-0.2, 0) is 9.84 Å². The number of amides is 3. The highest BCUT2D eigenvalue weighted by Crippen LogP contribution is 2.34. The predicted octanol–water partition coefficient (Wildman–Crippen LogP) is 4.82. The highest BCUT2D eigenvalue weighted by atomic mass is 35.5. The lowest BCUT2D eigenvalue weighted by Gasteiger charge is -2.13. The third-order valence-electron chi connectivity index (χ3n) is 4.34. The molecule has 0 aliphatic heterocycles. The van der Waals surface area contributed by atoms with E-state index in [2.05, 4.69) is 20.9 Å². The zero-order valence-corrected chi connectivity index (χ0v) is 19.3. The summed E-state index contributed by atoms with van der Waals surface area (Å²) in [5, 5.41) is 6.92. The Labute approximate surface area is 202 Å². The zero-order valence-electron chi connectivity index (χ0n) is 17.7. The fourth-order valence-electron chi connectivity index (χ4n) is 2.65. The summed E-state index contributed by atoms with van der Waals surface area (Å²) in [5.74, 6) is 0.334. The van der Waals surface area contributed by atoms with Gasteiger partial charge in [-0.15, -0.1) is 0 Å². The molecular formula is C21H16ClF3N4O5S. The maximum Gasteiger partial charge on any atom is 0.501 e. The lowest BCUT2D eigenvalue weighted by molar-refractivity contribution is -0.0436. The summed E-state index contributed by atoms with van der Waals surface area (Å²) in [6, 6.07) is 10.3. The second kappa shape index (κ2) is 10.2. The van der Waals surface area contributed by atoms with Crippen molar-refractivity contribution in [3.63, 3.8) is 0 Å². The number of halogens is 4. The summed E-state index contributed by atoms with van der Waals surface area (Å²) in [5.41, 5.74) is -5.40. The molecule has 14 heteroatoms. The van der Waals surface area contributed by atoms with Gasteiger partial charge in [0, 0.05) is 25.0 Å². The number of sulfone groups is 1. The van der Waals surface area contributed by atoms with Gasteiger partial charge >= 0.3 is 11.5 Å². The molecule has 2 aromatic carbocycles. The number of pyridine rings is 1. The van der Waals surface area contributed by atoms with Gasteiger partial charge in [-0.3, -0.25) is 9.78 Å². The first-order valence-electron chi connectivity index (χ1n) is 9.55. The van der Waals surface area contributed by atoms with Crippen LogP contribution in [0.1, 0.15) is 10.5 Å². The minimum Gasteiger partial charge on any atom is -0.457 e. The number of nitrogens with one attached hydrogen (secondary N) is 3. The Morgan fingerprint density at radius 3 is 2.29 bits per heavy atom. The molecule has 184 valence electrons. The quantitative estimate of drug-likeness (QED) is 0.421. The van der Waals surface area contributed by atoms with Crippen LogP contribution in [0.25, 0.3) is 0 Å². The summed E-state index contributed by atoms with van der Waals surface area (Å²) >= 11 is 5.88. The number of hydrogen-bond acceptors (Lipinski definition) is 6. The summed E-state index contributed by atoms with van der Waals surface area (Å²) in [6.07, 6.45) is 1.40. The Bertz CT molecular complexity index is 1370. The molecule has 0 atom stereocenters. The van der Waals surface area contributed by atoms with E-state index in [-0.39, 0.29) is 28.0 Å². The molecule has 0 radical (unpaired) electrons. The standard InChI is InChI=1S/C21H16ClF3N4O5S/c1-26-19(30)18-10-14(8-9-27-18)34-13-4-2-12(3-5-13)28-20(31)29-17-11-15(6-7-16(17)22)35(32,33)21(23,24)25/h2-11H,1H3,(H,26,30)(H2,28,29,31). The molecule has 3 rings (SSSR count). The van der Waals surface area contributed by atoms with Crippen molar-refractivity contribution in [3.05, 3.63) is 71.5 Å². The van der Waals surface area contributed by atoms with Crippen molar-refractivity contribution in [1.29, 1.82) is 0 Å². The molecular weight excluding hydrogens is 513 g/mol. The molecule has 0 aliphatic carbocycles. The van der Waals surface area contributed by atoms with E-state index < -0.39 is 26.3 Å². The van der Waals surface area contributed by atoms with Crippen LogP contribution in [0.4, 0.5) is 29.3 Å². The Balaban J connectivity index is 1.68. The Morgan fingerprint density at radius 2 is 1.66 bits per heavy atom. The van der Waals surface area contributed by atoms with Gasteiger partial charge in [-0.05, 0) is 48.5 Å². The van der Waals surface area contributed by atoms with Gasteiger partial charge < -0.3 is 20.7 Å². The summed E-state index contributed by atoms with van der Waals surface area (Å²) in [6.45, 7) is 0. The van der Waals surface area contributed by atoms with Crippen LogP contribution in [0, 0.1) is 0 Å². The summed E-state index contributed by atoms with van der Waals surface area (Å²) < 4.78 is 67.2. The average Bonchev–Trinajstić information content (AvgIpc) is 2.80. The lowest BCUT2D eigenvalue weighted by Crippen LogP contribution is -2.24. The fourth-order valence-corrected chi connectivity index (χ4v) is 3.61. The number of hydrogen-bond donors (Lipinski definition) is 3. The molecule has 1 aromatic heterocycles. The van der Waals surface area contributed by atoms with Crippen LogP contribution in [0.2, 0.25) is 5.02 Å². The van der Waals surface area contributed by atoms with E-state index in [4.69, 9.17) is 16.3 Å². The van der Waals surface area contributed by atoms with Crippen LogP contribution in [0.15, 0.2) is 65.7 Å². The minimum absolute atomic E-state index is 0.158. The fraction of sp³-hybridized carbons (Fsp3) is 0.0952. The van der Waals surface area contributed by atoms with Crippen molar-refractivity contribution < 1.29 is 35.9 Å². The highest BCUT2D eigenvalue weighted by molar-refractivity contribution is 7.92. The van der Waals surface area contributed by atoms with Gasteiger partial charge in [-0.1, -0.05) is 11.6 Å². The topological polar surface area (TPSA) is 126 Å². The number of rotatable bonds is 6. The molecule has 3 aromatic rings. The number of nitrogens with zero attached hydrogens (tertiary/aromatic N) is 1. The van der Waals surface area contributed by atoms with E-state index in [1.807, 2.05) is 0 Å². The molecule has 1 heterocycles. The second-order valence-corrected chi connectivity index (χ2v) is 9.10. The number of carbonyl (C=O) groups is 2. The minimum atomic E-state index is -5.62. The van der Waals surface area contributed by atoms with E-state index in [1.54, 1.807) is 6.07 Å². The molecule has 0 spiro atoms. The second-order valence-electron chi connectivity index (χ2n) is 6.75. The van der Waals surface area contributed by atoms with Crippen LogP contribution in [-0.4, -0.2) is 37.9 Å². The highest BCUT2D eigenvalue weighted by Gasteiger charge is 2.47. The van der Waals surface area contributed by atoms with E-state index in [9.17, 15) is 31.2 Å². The van der Waals surface area contributed by atoms with Crippen molar-refractivity contribution in [2.45, 2.75) is 10.4 Å². The number of anilines is 2. The van der Waals surface area contributed by atoms with Crippen LogP contribution >= 0.6 is 11.6 Å². The normalized spacial score (nSPS) is 11.5. The zero-order chi connectivity index (χ0) is 25.8. The van der Waals surface area contributed by atoms with E-state index in [0.29, 0.717) is 23.6 Å². The third-order valence-corrected chi connectivity index (χ3v) is 6.15. The largest absolute Gasteiger partial charge is 0.501 e. The Hall–Kier alpha value is -3.84. The van der Waals surface area contributed by atoms with E-state index in [1.165, 1.54) is 43.6 Å². The number of carbonyl (C=O) groups excluding carboxylic acids is 2.